The SMILES string of the molecule is OC[C@]12CCOC[C@H]1CN(Cc1ccc3c(c1)Cc1ccccc1-3)C2. The van der Waals surface area contributed by atoms with Gasteiger partial charge in [-0.25, -0.2) is 0 Å². The minimum atomic E-state index is 0.0607. The van der Waals surface area contributed by atoms with Gasteiger partial charge in [0.1, 0.15) is 0 Å². The summed E-state index contributed by atoms with van der Waals surface area (Å²) in [6, 6.07) is 15.7. The Morgan fingerprint density at radius 3 is 2.88 bits per heavy atom. The van der Waals surface area contributed by atoms with Crippen molar-refractivity contribution < 1.29 is 9.84 Å². The average molecular weight is 335 g/mol. The van der Waals surface area contributed by atoms with Crippen LogP contribution in [-0.2, 0) is 17.7 Å². The number of likely N-dealkylation sites (tertiary alicyclic amines) is 1. The quantitative estimate of drug-likeness (QED) is 0.798. The van der Waals surface area contributed by atoms with Crippen molar-refractivity contribution in [3.8, 4) is 11.1 Å². The summed E-state index contributed by atoms with van der Waals surface area (Å²) >= 11 is 0. The van der Waals surface area contributed by atoms with Crippen molar-refractivity contribution in [3.05, 3.63) is 59.2 Å². The summed E-state index contributed by atoms with van der Waals surface area (Å²) in [5, 5.41) is 9.98. The Labute approximate surface area is 149 Å². The van der Waals surface area contributed by atoms with Crippen LogP contribution in [0.1, 0.15) is 23.1 Å². The molecule has 3 heteroatoms. The largest absolute Gasteiger partial charge is 0.396 e. The molecule has 2 aromatic rings. The van der Waals surface area contributed by atoms with E-state index in [1.165, 1.54) is 27.8 Å². The lowest BCUT2D eigenvalue weighted by atomic mass is 9.75. The van der Waals surface area contributed by atoms with Crippen LogP contribution in [0.15, 0.2) is 42.5 Å². The maximum absolute atomic E-state index is 9.98. The third-order valence-corrected chi connectivity index (χ3v) is 6.53. The number of fused-ring (bicyclic) bond motifs is 4. The molecule has 0 radical (unpaired) electrons. The zero-order chi connectivity index (χ0) is 16.9. The fraction of sp³-hybridized carbons (Fsp3) is 0.455. The predicted octanol–water partition coefficient (Wildman–Crippen LogP) is 3.09. The summed E-state index contributed by atoms with van der Waals surface area (Å²) in [4.78, 5) is 2.51. The number of hydrogen-bond donors (Lipinski definition) is 1. The molecule has 0 amide bonds. The molecule has 0 unspecified atom stereocenters. The van der Waals surface area contributed by atoms with E-state index in [2.05, 4.69) is 47.4 Å². The van der Waals surface area contributed by atoms with Crippen LogP contribution in [0.3, 0.4) is 0 Å². The van der Waals surface area contributed by atoms with E-state index in [-0.39, 0.29) is 12.0 Å². The first-order valence-corrected chi connectivity index (χ1v) is 9.38. The number of rotatable bonds is 3. The van der Waals surface area contributed by atoms with Crippen LogP contribution in [0.5, 0.6) is 0 Å². The smallest absolute Gasteiger partial charge is 0.0513 e. The molecule has 0 bridgehead atoms. The van der Waals surface area contributed by atoms with E-state index in [4.69, 9.17) is 4.74 Å². The molecular formula is C22H25NO2. The van der Waals surface area contributed by atoms with E-state index in [1.807, 2.05) is 0 Å². The molecule has 2 atom stereocenters. The lowest BCUT2D eigenvalue weighted by Crippen LogP contribution is -2.41. The van der Waals surface area contributed by atoms with Crippen molar-refractivity contribution in [1.82, 2.24) is 4.90 Å². The van der Waals surface area contributed by atoms with Crippen molar-refractivity contribution in [2.24, 2.45) is 11.3 Å². The third-order valence-electron chi connectivity index (χ3n) is 6.53. The summed E-state index contributed by atoms with van der Waals surface area (Å²) in [7, 11) is 0. The summed E-state index contributed by atoms with van der Waals surface area (Å²) in [6.45, 7) is 4.89. The van der Waals surface area contributed by atoms with Gasteiger partial charge >= 0.3 is 0 Å². The number of aliphatic hydroxyl groups is 1. The van der Waals surface area contributed by atoms with E-state index in [9.17, 15) is 5.11 Å². The second-order valence-corrected chi connectivity index (χ2v) is 8.04. The van der Waals surface area contributed by atoms with Crippen molar-refractivity contribution in [1.29, 1.82) is 0 Å². The monoisotopic (exact) mass is 335 g/mol. The predicted molar refractivity (Wildman–Crippen MR) is 98.4 cm³/mol. The number of nitrogens with zero attached hydrogens (tertiary/aromatic N) is 1. The Bertz CT molecular complexity index is 802. The standard InChI is InChI=1S/C22H25NO2/c24-15-22-7-8-25-13-19(22)12-23(14-22)11-16-5-6-21-18(9-16)10-17-3-1-2-4-20(17)21/h1-6,9,19,24H,7-8,10-15H2/t19-,22-/m1/s1. The lowest BCUT2D eigenvalue weighted by Gasteiger charge is -2.36. The van der Waals surface area contributed by atoms with E-state index < -0.39 is 0 Å². The minimum Gasteiger partial charge on any atom is -0.396 e. The summed E-state index contributed by atoms with van der Waals surface area (Å²) < 4.78 is 5.67. The highest BCUT2D eigenvalue weighted by molar-refractivity contribution is 5.76. The minimum absolute atomic E-state index is 0.0607. The van der Waals surface area contributed by atoms with Gasteiger partial charge in [0.2, 0.25) is 0 Å². The highest BCUT2D eigenvalue weighted by Crippen LogP contribution is 2.42. The first-order valence-electron chi connectivity index (χ1n) is 9.38. The fourth-order valence-corrected chi connectivity index (χ4v) is 5.09. The maximum atomic E-state index is 9.98. The molecule has 2 aliphatic heterocycles. The number of benzene rings is 2. The molecule has 25 heavy (non-hydrogen) atoms. The van der Waals surface area contributed by atoms with E-state index >= 15 is 0 Å². The zero-order valence-corrected chi connectivity index (χ0v) is 14.6. The Hall–Kier alpha value is -1.68. The van der Waals surface area contributed by atoms with Crippen molar-refractivity contribution in [2.45, 2.75) is 19.4 Å². The van der Waals surface area contributed by atoms with E-state index in [0.29, 0.717) is 5.92 Å². The van der Waals surface area contributed by atoms with E-state index in [0.717, 1.165) is 45.7 Å². The van der Waals surface area contributed by atoms with Crippen LogP contribution in [0.4, 0.5) is 0 Å². The topological polar surface area (TPSA) is 32.7 Å². The molecule has 3 aliphatic rings. The van der Waals surface area contributed by atoms with E-state index in [1.54, 1.807) is 0 Å². The Kier molecular flexibility index (Phi) is 3.70. The van der Waals surface area contributed by atoms with Gasteiger partial charge in [0.05, 0.1) is 13.2 Å². The lowest BCUT2D eigenvalue weighted by molar-refractivity contribution is -0.0417. The van der Waals surface area contributed by atoms with Crippen LogP contribution < -0.4 is 0 Å². The van der Waals surface area contributed by atoms with Crippen LogP contribution in [0, 0.1) is 11.3 Å². The molecule has 0 aromatic heterocycles. The zero-order valence-electron chi connectivity index (χ0n) is 14.6. The summed E-state index contributed by atoms with van der Waals surface area (Å²) in [5.74, 6) is 0.477. The molecule has 2 saturated heterocycles. The molecule has 0 spiro atoms. The van der Waals surface area contributed by atoms with Crippen molar-refractivity contribution >= 4 is 0 Å². The van der Waals surface area contributed by atoms with Gasteiger partial charge in [-0.05, 0) is 40.7 Å². The number of aliphatic hydroxyl groups excluding tert-OH is 1. The number of ether oxygens (including phenoxy) is 1. The van der Waals surface area contributed by atoms with Gasteiger partial charge in [0.15, 0.2) is 0 Å². The van der Waals surface area contributed by atoms with Gasteiger partial charge in [-0.15, -0.1) is 0 Å². The molecule has 2 fully saturated rings. The second kappa shape index (κ2) is 5.94. The van der Waals surface area contributed by atoms with Crippen molar-refractivity contribution in [3.63, 3.8) is 0 Å². The van der Waals surface area contributed by atoms with Gasteiger partial charge in [0.25, 0.3) is 0 Å². The molecule has 3 nitrogen and oxygen atoms in total. The second-order valence-electron chi connectivity index (χ2n) is 8.04. The number of hydrogen-bond acceptors (Lipinski definition) is 3. The molecule has 0 saturated carbocycles. The van der Waals surface area contributed by atoms with Crippen molar-refractivity contribution in [2.75, 3.05) is 32.9 Å². The summed E-state index contributed by atoms with van der Waals surface area (Å²) in [6.07, 6.45) is 2.04. The highest BCUT2D eigenvalue weighted by atomic mass is 16.5. The average Bonchev–Trinajstić information content (AvgIpc) is 3.19. The Balaban J connectivity index is 1.35. The van der Waals surface area contributed by atoms with Gasteiger partial charge in [-0.1, -0.05) is 42.5 Å². The van der Waals surface area contributed by atoms with Crippen LogP contribution in [-0.4, -0.2) is 42.9 Å². The van der Waals surface area contributed by atoms with Gasteiger partial charge in [-0.3, -0.25) is 4.90 Å². The Morgan fingerprint density at radius 2 is 2.00 bits per heavy atom. The molecule has 1 aliphatic carbocycles. The van der Waals surface area contributed by atoms with Gasteiger partial charge in [-0.2, -0.15) is 0 Å². The third kappa shape index (κ3) is 2.53. The van der Waals surface area contributed by atoms with Crippen LogP contribution in [0.2, 0.25) is 0 Å². The van der Waals surface area contributed by atoms with Gasteiger partial charge < -0.3 is 9.84 Å². The molecular weight excluding hydrogens is 310 g/mol. The first kappa shape index (κ1) is 15.6. The normalized spacial score (nSPS) is 27.8. The highest BCUT2D eigenvalue weighted by Gasteiger charge is 2.47. The molecule has 5 rings (SSSR count). The molecule has 2 aromatic carbocycles. The molecule has 2 heterocycles. The molecule has 130 valence electrons. The fourth-order valence-electron chi connectivity index (χ4n) is 5.09. The van der Waals surface area contributed by atoms with Gasteiger partial charge in [0, 0.05) is 37.6 Å². The Morgan fingerprint density at radius 1 is 1.12 bits per heavy atom. The molecule has 1 N–H and O–H groups in total. The first-order chi connectivity index (χ1) is 12.3. The van der Waals surface area contributed by atoms with Crippen LogP contribution in [0.25, 0.3) is 11.1 Å². The maximum Gasteiger partial charge on any atom is 0.0513 e. The van der Waals surface area contributed by atoms with Crippen LogP contribution >= 0.6 is 0 Å². The summed E-state index contributed by atoms with van der Waals surface area (Å²) in [5.41, 5.74) is 7.14.